The molecule has 13 aromatic rings. The van der Waals surface area contributed by atoms with Crippen LogP contribution in [0.15, 0.2) is 277 Å². The van der Waals surface area contributed by atoms with E-state index in [-0.39, 0.29) is 24.2 Å². The molecule has 11 aromatic carbocycles. The normalized spacial score (nSPS) is 14.4. The van der Waals surface area contributed by atoms with Gasteiger partial charge in [-0.05, 0) is 97.1 Å². The highest BCUT2D eigenvalue weighted by molar-refractivity contribution is 7.99. The van der Waals surface area contributed by atoms with E-state index >= 15 is 0 Å². The molecular weight excluding hydrogens is 893 g/mol. The summed E-state index contributed by atoms with van der Waals surface area (Å²) >= 11 is 1.81. The average Bonchev–Trinajstić information content (AvgIpc) is 4.16. The molecule has 4 heteroatoms. The lowest BCUT2D eigenvalue weighted by Crippen LogP contribution is -2.74. The Labute approximate surface area is 424 Å². The second kappa shape index (κ2) is 15.5. The van der Waals surface area contributed by atoms with Crippen molar-refractivity contribution >= 4 is 84.2 Å². The third-order valence-electron chi connectivity index (χ3n) is 15.4. The van der Waals surface area contributed by atoms with Gasteiger partial charge in [-0.1, -0.05) is 230 Å². The third-order valence-corrected chi connectivity index (χ3v) is 21.1. The minimum absolute atomic E-state index is 0.181. The highest BCUT2D eigenvalue weighted by Gasteiger charge is 2.50. The fraction of sp³-hybridized carbons (Fsp3) is 0.0149. The van der Waals surface area contributed by atoms with E-state index in [1.54, 1.807) is 0 Å². The summed E-state index contributed by atoms with van der Waals surface area (Å²) in [7, 11) is -3.80. The van der Waals surface area contributed by atoms with Gasteiger partial charge in [0, 0.05) is 36.9 Å². The van der Waals surface area contributed by atoms with Crippen LogP contribution < -0.4 is 20.7 Å². The van der Waals surface area contributed by atoms with Crippen molar-refractivity contribution in [1.29, 1.82) is 0 Å². The third kappa shape index (κ3) is 5.54. The molecule has 0 unspecified atom stereocenters. The molecule has 0 radical (unpaired) electrons. The lowest BCUT2D eigenvalue weighted by atomic mass is 9.63. The number of fused-ring (bicyclic) bond motifs is 14. The average molecular weight is 942 g/mol. The molecule has 4 heterocycles. The molecule has 71 heavy (non-hydrogen) atoms. The van der Waals surface area contributed by atoms with Crippen LogP contribution in [0.25, 0.3) is 66.1 Å². The van der Waals surface area contributed by atoms with E-state index in [2.05, 4.69) is 209 Å². The largest absolute Gasteiger partial charge is 0.309 e. The van der Waals surface area contributed by atoms with E-state index in [4.69, 9.17) is 1.37 Å². The standard InChI is InChI=1S/C67H44N2SSi/c1-4-21-46(22-5-1)71(47-23-6-2-7-24-47,48-25-8-3-9-26-48)49-40-41-55-63(44-49)69-62-42-39-45(50-27-10-15-34-59(50)68-60-35-16-11-28-51(60)52-29-12-17-36-61(52)68)43-54(62)53-30-20-33-58(66(53)69)67(55)56-31-13-18-37-64(56)70-65-38-19-14-32-57(65)67/h1-44H/i1D,4D,5D,21D,22D. The van der Waals surface area contributed by atoms with E-state index in [1.807, 2.05) is 48.2 Å². The molecule has 2 nitrogen and oxygen atoms in total. The fourth-order valence-corrected chi connectivity index (χ4v) is 18.2. The molecule has 0 fully saturated rings. The van der Waals surface area contributed by atoms with Gasteiger partial charge in [-0.15, -0.1) is 0 Å². The molecule has 332 valence electrons. The first-order valence-corrected chi connectivity index (χ1v) is 27.0. The van der Waals surface area contributed by atoms with Crippen molar-refractivity contribution in [2.45, 2.75) is 15.2 Å². The minimum atomic E-state index is -3.80. The predicted octanol–water partition coefficient (Wildman–Crippen LogP) is 14.1. The summed E-state index contributed by atoms with van der Waals surface area (Å²) in [5, 5.41) is 7.77. The van der Waals surface area contributed by atoms with Gasteiger partial charge in [0.25, 0.3) is 0 Å². The van der Waals surface area contributed by atoms with Crippen LogP contribution in [0.2, 0.25) is 0 Å². The topological polar surface area (TPSA) is 9.86 Å². The Morgan fingerprint density at radius 2 is 0.930 bits per heavy atom. The second-order valence-corrected chi connectivity index (χ2v) is 23.5. The minimum Gasteiger partial charge on any atom is -0.309 e. The van der Waals surface area contributed by atoms with Crippen molar-refractivity contribution < 1.29 is 6.85 Å². The highest BCUT2D eigenvalue weighted by Crippen LogP contribution is 2.60. The first-order chi connectivity index (χ1) is 37.3. The molecular formula is C67H44N2SSi. The van der Waals surface area contributed by atoms with Crippen LogP contribution in [0.4, 0.5) is 0 Å². The van der Waals surface area contributed by atoms with Gasteiger partial charge in [-0.25, -0.2) is 0 Å². The summed E-state index contributed by atoms with van der Waals surface area (Å²) in [4.78, 5) is 2.39. The van der Waals surface area contributed by atoms with Crippen molar-refractivity contribution in [2.24, 2.45) is 0 Å². The Bertz CT molecular complexity index is 4420. The molecule has 0 saturated heterocycles. The molecule has 0 N–H and O–H groups in total. The Hall–Kier alpha value is -8.41. The maximum atomic E-state index is 9.80. The van der Waals surface area contributed by atoms with E-state index in [0.29, 0.717) is 5.19 Å². The monoisotopic (exact) mass is 941 g/mol. The maximum absolute atomic E-state index is 9.80. The molecule has 2 aromatic heterocycles. The Morgan fingerprint density at radius 3 is 1.62 bits per heavy atom. The van der Waals surface area contributed by atoms with Crippen LogP contribution in [-0.2, 0) is 5.41 Å². The van der Waals surface area contributed by atoms with Gasteiger partial charge in [-0.2, -0.15) is 0 Å². The zero-order chi connectivity index (χ0) is 51.0. The van der Waals surface area contributed by atoms with Gasteiger partial charge in [-0.3, -0.25) is 0 Å². The molecule has 1 spiro atoms. The van der Waals surface area contributed by atoms with E-state index in [9.17, 15) is 5.48 Å². The molecule has 0 aliphatic carbocycles. The number of para-hydroxylation sites is 4. The maximum Gasteiger partial charge on any atom is 0.179 e. The SMILES string of the molecule is [2H]c1c([2H])c([2H])c([Si](c2ccccc2)(c2ccccc2)c2ccc3c(c2)-n2c4ccc(-c5ccccc5-n5c6ccccc6c6ccccc65)cc4c4cccc(c42)C32c3ccccc3Sc3ccccc32)c([2H])c1[2H]. The molecule has 0 saturated carbocycles. The fourth-order valence-electron chi connectivity index (χ4n) is 12.6. The first-order valence-electron chi connectivity index (χ1n) is 26.7. The van der Waals surface area contributed by atoms with Crippen molar-refractivity contribution in [2.75, 3.05) is 0 Å². The zero-order valence-corrected chi connectivity index (χ0v) is 40.1. The van der Waals surface area contributed by atoms with Crippen LogP contribution in [0.5, 0.6) is 0 Å². The van der Waals surface area contributed by atoms with Crippen molar-refractivity contribution in [1.82, 2.24) is 9.13 Å². The van der Waals surface area contributed by atoms with Crippen molar-refractivity contribution in [3.05, 3.63) is 289 Å². The van der Waals surface area contributed by atoms with Crippen LogP contribution in [0.3, 0.4) is 0 Å². The van der Waals surface area contributed by atoms with E-state index in [0.717, 1.165) is 76.5 Å². The summed E-state index contributed by atoms with van der Waals surface area (Å²) in [5.41, 5.74) is 12.7. The van der Waals surface area contributed by atoms with Crippen molar-refractivity contribution in [3.63, 3.8) is 0 Å². The van der Waals surface area contributed by atoms with Gasteiger partial charge >= 0.3 is 0 Å². The summed E-state index contributed by atoms with van der Waals surface area (Å²) in [6.07, 6.45) is 0. The number of benzene rings is 11. The molecule has 0 amide bonds. The van der Waals surface area contributed by atoms with Gasteiger partial charge in [0.05, 0.1) is 45.7 Å². The van der Waals surface area contributed by atoms with Gasteiger partial charge in [0.1, 0.15) is 0 Å². The smallest absolute Gasteiger partial charge is 0.179 e. The summed E-state index contributed by atoms with van der Waals surface area (Å²) in [6, 6.07) is 83.3. The lowest BCUT2D eigenvalue weighted by molar-refractivity contribution is 0.690. The quantitative estimate of drug-likeness (QED) is 0.119. The molecule has 2 aliphatic rings. The lowest BCUT2D eigenvalue weighted by Gasteiger charge is -2.46. The van der Waals surface area contributed by atoms with Gasteiger partial charge in [0.2, 0.25) is 0 Å². The number of rotatable bonds is 6. The first kappa shape index (κ1) is 35.7. The van der Waals surface area contributed by atoms with E-state index < -0.39 is 19.5 Å². The molecule has 0 bridgehead atoms. The Kier molecular flexibility index (Phi) is 7.81. The van der Waals surface area contributed by atoms with Crippen molar-refractivity contribution in [3.8, 4) is 22.5 Å². The number of hydrogen-bond acceptors (Lipinski definition) is 1. The van der Waals surface area contributed by atoms with Gasteiger partial charge in [0.15, 0.2) is 8.07 Å². The Morgan fingerprint density at radius 1 is 0.366 bits per heavy atom. The zero-order valence-electron chi connectivity index (χ0n) is 43.3. The van der Waals surface area contributed by atoms with Crippen LogP contribution in [0.1, 0.15) is 29.1 Å². The summed E-state index contributed by atoms with van der Waals surface area (Å²) < 4.78 is 51.6. The van der Waals surface area contributed by atoms with Crippen LogP contribution in [0, 0.1) is 0 Å². The molecule has 0 atom stereocenters. The number of aromatic nitrogens is 2. The summed E-state index contributed by atoms with van der Waals surface area (Å²) in [6.45, 7) is 0. The second-order valence-electron chi connectivity index (χ2n) is 18.7. The predicted molar refractivity (Wildman–Crippen MR) is 300 cm³/mol. The van der Waals surface area contributed by atoms with Crippen LogP contribution in [-0.4, -0.2) is 17.2 Å². The highest BCUT2D eigenvalue weighted by atomic mass is 32.2. The molecule has 2 aliphatic heterocycles. The number of nitrogens with zero attached hydrogens (tertiary/aromatic N) is 2. The van der Waals surface area contributed by atoms with E-state index in [1.165, 1.54) is 37.3 Å². The molecule has 15 rings (SSSR count). The van der Waals surface area contributed by atoms with Crippen LogP contribution >= 0.6 is 11.8 Å². The van der Waals surface area contributed by atoms with Gasteiger partial charge < -0.3 is 9.13 Å². The Balaban J connectivity index is 1.08. The number of hydrogen-bond donors (Lipinski definition) is 0. The summed E-state index contributed by atoms with van der Waals surface area (Å²) in [5.74, 6) is 0.